The molecule has 0 bridgehead atoms. The van der Waals surface area contributed by atoms with Gasteiger partial charge in [-0.05, 0) is 210 Å². The molecular formula is C93H68N4. The monoisotopic (exact) mass is 1240 g/mol. The summed E-state index contributed by atoms with van der Waals surface area (Å²) < 4.78 is 7.30. The number of fused-ring (bicyclic) bond motifs is 18. The van der Waals surface area contributed by atoms with Gasteiger partial charge in [-0.25, -0.2) is 0 Å². The Labute approximate surface area is 564 Å². The highest BCUT2D eigenvalue weighted by atomic mass is 15.1. The molecule has 4 nitrogen and oxygen atoms in total. The molecule has 0 N–H and O–H groups in total. The molecule has 3 aromatic heterocycles. The lowest BCUT2D eigenvalue weighted by Crippen LogP contribution is -2.19. The number of benzene rings is 14. The molecule has 0 amide bonds. The van der Waals surface area contributed by atoms with Gasteiger partial charge in [-0.2, -0.15) is 0 Å². The number of aromatic nitrogens is 3. The molecule has 0 fully saturated rings. The quantitative estimate of drug-likeness (QED) is 0.148. The molecule has 0 atom stereocenters. The summed E-state index contributed by atoms with van der Waals surface area (Å²) in [6, 6.07) is 114. The summed E-state index contributed by atoms with van der Waals surface area (Å²) in [7, 11) is 0. The Balaban J connectivity index is 0.706. The smallest absolute Gasteiger partial charge is 0.0547 e. The predicted octanol–water partition coefficient (Wildman–Crippen LogP) is 24.7. The second-order valence-corrected chi connectivity index (χ2v) is 28.9. The molecular weight excluding hydrogens is 1170 g/mol. The number of hydrogen-bond acceptors (Lipinski definition) is 1. The fourth-order valence-electron chi connectivity index (χ4n) is 17.7. The van der Waals surface area contributed by atoms with Crippen LogP contribution in [0.1, 0.15) is 74.9 Å². The van der Waals surface area contributed by atoms with Crippen molar-refractivity contribution in [3.63, 3.8) is 0 Å². The summed E-state index contributed by atoms with van der Waals surface area (Å²) in [5, 5.41) is 7.59. The summed E-state index contributed by atoms with van der Waals surface area (Å²) >= 11 is 0. The van der Waals surface area contributed by atoms with Gasteiger partial charge >= 0.3 is 0 Å². The molecule has 0 aliphatic heterocycles. The van der Waals surface area contributed by atoms with Crippen LogP contribution >= 0.6 is 0 Å². The first-order chi connectivity index (χ1) is 47.4. The van der Waals surface area contributed by atoms with Crippen LogP contribution in [0.25, 0.3) is 138 Å². The van der Waals surface area contributed by atoms with Crippen molar-refractivity contribution >= 4 is 82.5 Å². The van der Waals surface area contributed by atoms with Gasteiger partial charge in [-0.3, -0.25) is 0 Å². The average Bonchev–Trinajstić information content (AvgIpc) is 1.53. The van der Waals surface area contributed by atoms with Crippen LogP contribution in [0, 0.1) is 0 Å². The molecule has 0 saturated heterocycles. The van der Waals surface area contributed by atoms with Crippen molar-refractivity contribution < 1.29 is 0 Å². The van der Waals surface area contributed by atoms with Crippen LogP contribution in [0.3, 0.4) is 0 Å². The summed E-state index contributed by atoms with van der Waals surface area (Å²) in [6.45, 7) is 14.6. The molecule has 14 aromatic carbocycles. The molecule has 3 heterocycles. The fourth-order valence-corrected chi connectivity index (χ4v) is 17.7. The number of para-hydroxylation sites is 6. The van der Waals surface area contributed by atoms with E-state index in [1.807, 2.05) is 0 Å². The zero-order chi connectivity index (χ0) is 64.8. The summed E-state index contributed by atoms with van der Waals surface area (Å²) in [6.07, 6.45) is 0. The zero-order valence-electron chi connectivity index (χ0n) is 55.2. The van der Waals surface area contributed by atoms with Gasteiger partial charge < -0.3 is 18.6 Å². The molecule has 4 heteroatoms. The second-order valence-electron chi connectivity index (χ2n) is 28.9. The fraction of sp³-hybridized carbons (Fsp3) is 0.0968. The minimum atomic E-state index is -0.303. The first-order valence-corrected chi connectivity index (χ1v) is 34.2. The van der Waals surface area contributed by atoms with Crippen molar-refractivity contribution in [2.24, 2.45) is 0 Å². The van der Waals surface area contributed by atoms with E-state index in [9.17, 15) is 0 Å². The van der Waals surface area contributed by atoms with Crippen LogP contribution in [0.4, 0.5) is 17.1 Å². The van der Waals surface area contributed by atoms with Crippen molar-refractivity contribution in [2.75, 3.05) is 4.90 Å². The van der Waals surface area contributed by atoms with Crippen molar-refractivity contribution in [2.45, 2.75) is 57.8 Å². The first kappa shape index (κ1) is 55.7. The maximum absolute atomic E-state index is 2.56. The van der Waals surface area contributed by atoms with Gasteiger partial charge in [0, 0.05) is 82.7 Å². The van der Waals surface area contributed by atoms with Crippen molar-refractivity contribution in [1.29, 1.82) is 0 Å². The number of hydrogen-bond donors (Lipinski definition) is 0. The van der Waals surface area contributed by atoms with E-state index in [1.54, 1.807) is 0 Å². The lowest BCUT2D eigenvalue weighted by Gasteiger charge is -2.31. The largest absolute Gasteiger partial charge is 0.310 e. The highest BCUT2D eigenvalue weighted by Gasteiger charge is 2.41. The van der Waals surface area contributed by atoms with Crippen LogP contribution in [0.2, 0.25) is 0 Å². The van der Waals surface area contributed by atoms with E-state index in [-0.39, 0.29) is 16.2 Å². The molecule has 460 valence electrons. The van der Waals surface area contributed by atoms with Crippen LogP contribution in [-0.4, -0.2) is 13.7 Å². The highest BCUT2D eigenvalue weighted by molar-refractivity contribution is 6.12. The maximum atomic E-state index is 2.56. The second kappa shape index (κ2) is 20.2. The normalized spacial score (nSPS) is 14.3. The Morgan fingerprint density at radius 1 is 0.206 bits per heavy atom. The molecule has 0 unspecified atom stereocenters. The van der Waals surface area contributed by atoms with Gasteiger partial charge in [0.2, 0.25) is 0 Å². The third kappa shape index (κ3) is 7.93. The van der Waals surface area contributed by atoms with E-state index in [0.29, 0.717) is 0 Å². The van der Waals surface area contributed by atoms with E-state index >= 15 is 0 Å². The Kier molecular flexibility index (Phi) is 11.6. The van der Waals surface area contributed by atoms with E-state index in [2.05, 4.69) is 363 Å². The number of nitrogens with zero attached hydrogens (tertiary/aromatic N) is 4. The Morgan fingerprint density at radius 3 is 0.845 bits per heavy atom. The third-order valence-electron chi connectivity index (χ3n) is 22.6. The Morgan fingerprint density at radius 2 is 0.474 bits per heavy atom. The van der Waals surface area contributed by atoms with Crippen LogP contribution < -0.4 is 4.90 Å². The molecule has 0 radical (unpaired) electrons. The summed E-state index contributed by atoms with van der Waals surface area (Å²) in [5.41, 5.74) is 34.0. The minimum absolute atomic E-state index is 0.301. The van der Waals surface area contributed by atoms with E-state index in [4.69, 9.17) is 0 Å². The molecule has 20 rings (SSSR count). The van der Waals surface area contributed by atoms with Gasteiger partial charge in [0.25, 0.3) is 0 Å². The molecule has 17 aromatic rings. The van der Waals surface area contributed by atoms with Gasteiger partial charge in [0.1, 0.15) is 0 Å². The zero-order valence-corrected chi connectivity index (χ0v) is 55.2. The SMILES string of the molecule is CC1(C)c2cc(-c3ccc4c5ccccc5n(-c5ccccc5)c4c3)ccc2-c2ccc(N(c3ccc4c(c3)C(C)(C)c3cc(-c5ccc6c7ccccc7n(-c7ccccc7)c6c5)ccc3-4)c3ccc4c(c3)C(C)(C)c3cc(-n5c6ccccc6c6ccccc65)ccc3-4)cc21. The van der Waals surface area contributed by atoms with Crippen molar-refractivity contribution in [1.82, 2.24) is 13.7 Å². The van der Waals surface area contributed by atoms with Crippen molar-refractivity contribution in [3.05, 3.63) is 337 Å². The van der Waals surface area contributed by atoms with Gasteiger partial charge in [0.05, 0.1) is 33.1 Å². The number of anilines is 3. The van der Waals surface area contributed by atoms with Gasteiger partial charge in [0.15, 0.2) is 0 Å². The molecule has 0 spiro atoms. The van der Waals surface area contributed by atoms with Gasteiger partial charge in [-0.1, -0.05) is 224 Å². The topological polar surface area (TPSA) is 18.0 Å². The van der Waals surface area contributed by atoms with Crippen LogP contribution in [0.5, 0.6) is 0 Å². The lowest BCUT2D eigenvalue weighted by molar-refractivity contribution is 0.659. The molecule has 3 aliphatic rings. The van der Waals surface area contributed by atoms with E-state index in [1.165, 1.54) is 160 Å². The number of rotatable bonds is 8. The van der Waals surface area contributed by atoms with Crippen LogP contribution in [-0.2, 0) is 16.2 Å². The molecule has 3 aliphatic carbocycles. The van der Waals surface area contributed by atoms with Crippen LogP contribution in [0.15, 0.2) is 303 Å². The lowest BCUT2D eigenvalue weighted by atomic mass is 9.81. The third-order valence-corrected chi connectivity index (χ3v) is 22.6. The molecule has 0 saturated carbocycles. The summed E-state index contributed by atoms with van der Waals surface area (Å²) in [5.74, 6) is 0. The standard InChI is InChI=1S/C93H68N4/c1-91(2)79-49-57(59-35-43-77-75-27-15-17-29-85(75)95(89(77)51-59)61-21-9-7-10-22-61)33-41-67(79)69-45-37-63(53-81(69)91)94(65-39-47-71-72-48-40-66(56-84(72)93(5,6)83(71)55-65)97-87-31-19-13-25-73(87)74-26-14-20-32-88(74)97)64-38-46-70-68-42-34-58(50-80(68)92(3,4)82(70)54-64)60-36-44-78-76-28-16-18-30-86(76)96(90(78)52-60)62-23-11-8-12-24-62/h7-56H,1-6H3. The Hall–Kier alpha value is -11.7. The molecule has 97 heavy (non-hydrogen) atoms. The van der Waals surface area contributed by atoms with E-state index < -0.39 is 0 Å². The predicted molar refractivity (Wildman–Crippen MR) is 408 cm³/mol. The van der Waals surface area contributed by atoms with Crippen molar-refractivity contribution in [3.8, 4) is 72.7 Å². The first-order valence-electron chi connectivity index (χ1n) is 34.2. The van der Waals surface area contributed by atoms with E-state index in [0.717, 1.165) is 28.4 Å². The van der Waals surface area contributed by atoms with Gasteiger partial charge in [-0.15, -0.1) is 0 Å². The highest BCUT2D eigenvalue weighted by Crippen LogP contribution is 2.57. The minimum Gasteiger partial charge on any atom is -0.310 e. The average molecular weight is 1240 g/mol. The summed E-state index contributed by atoms with van der Waals surface area (Å²) in [4.78, 5) is 2.56. The Bertz CT molecular complexity index is 5900. The maximum Gasteiger partial charge on any atom is 0.0547 e.